The molecule has 0 saturated carbocycles. The minimum atomic E-state index is -0.296. The SMILES string of the molecule is O=c1[nH]nc(-c2cc(Cl)cc(Cl)c2)c2occc12. The first-order chi connectivity index (χ1) is 8.65. The van der Waals surface area contributed by atoms with E-state index in [9.17, 15) is 4.79 Å². The van der Waals surface area contributed by atoms with Crippen molar-refractivity contribution in [3.05, 3.63) is 50.9 Å². The molecule has 2 aromatic heterocycles. The zero-order valence-corrected chi connectivity index (χ0v) is 10.4. The first-order valence-corrected chi connectivity index (χ1v) is 5.83. The number of halogens is 2. The van der Waals surface area contributed by atoms with Crippen molar-refractivity contribution in [3.8, 4) is 11.3 Å². The lowest BCUT2D eigenvalue weighted by Crippen LogP contribution is -2.07. The predicted octanol–water partition coefficient (Wildman–Crippen LogP) is 3.49. The molecule has 6 heteroatoms. The van der Waals surface area contributed by atoms with Gasteiger partial charge in [-0.1, -0.05) is 23.2 Å². The van der Waals surface area contributed by atoms with Crippen LogP contribution in [0.15, 0.2) is 39.7 Å². The number of hydrogen-bond donors (Lipinski definition) is 1. The van der Waals surface area contributed by atoms with Crippen LogP contribution in [0.3, 0.4) is 0 Å². The molecule has 0 aliphatic heterocycles. The van der Waals surface area contributed by atoms with Crippen LogP contribution in [-0.2, 0) is 0 Å². The zero-order valence-electron chi connectivity index (χ0n) is 8.91. The normalized spacial score (nSPS) is 11.0. The number of hydrogen-bond acceptors (Lipinski definition) is 3. The Labute approximate surface area is 111 Å². The summed E-state index contributed by atoms with van der Waals surface area (Å²) in [5, 5.41) is 7.82. The van der Waals surface area contributed by atoms with Gasteiger partial charge >= 0.3 is 0 Å². The summed E-state index contributed by atoms with van der Waals surface area (Å²) in [7, 11) is 0. The Balaban J connectivity index is 2.35. The van der Waals surface area contributed by atoms with Gasteiger partial charge in [-0.3, -0.25) is 4.79 Å². The van der Waals surface area contributed by atoms with E-state index in [4.69, 9.17) is 27.6 Å². The molecule has 0 radical (unpaired) electrons. The number of fused-ring (bicyclic) bond motifs is 1. The Morgan fingerprint density at radius 2 is 1.89 bits per heavy atom. The molecule has 3 rings (SSSR count). The van der Waals surface area contributed by atoms with Crippen LogP contribution in [0.5, 0.6) is 0 Å². The molecule has 3 aromatic rings. The Kier molecular flexibility index (Phi) is 2.61. The second-order valence-corrected chi connectivity index (χ2v) is 4.60. The second kappa shape index (κ2) is 4.15. The van der Waals surface area contributed by atoms with E-state index in [2.05, 4.69) is 10.2 Å². The molecular weight excluding hydrogens is 275 g/mol. The van der Waals surface area contributed by atoms with Gasteiger partial charge in [0, 0.05) is 15.6 Å². The minimum Gasteiger partial charge on any atom is -0.462 e. The molecule has 0 bridgehead atoms. The van der Waals surface area contributed by atoms with Crippen LogP contribution in [-0.4, -0.2) is 10.2 Å². The summed E-state index contributed by atoms with van der Waals surface area (Å²) >= 11 is 11.9. The highest BCUT2D eigenvalue weighted by Gasteiger charge is 2.12. The average Bonchev–Trinajstić information content (AvgIpc) is 2.77. The fourth-order valence-corrected chi connectivity index (χ4v) is 2.30. The third-order valence-electron chi connectivity index (χ3n) is 2.53. The summed E-state index contributed by atoms with van der Waals surface area (Å²) in [5.74, 6) is 0. The van der Waals surface area contributed by atoms with Gasteiger partial charge in [-0.2, -0.15) is 5.10 Å². The first-order valence-electron chi connectivity index (χ1n) is 5.07. The van der Waals surface area contributed by atoms with Crippen molar-refractivity contribution in [1.82, 2.24) is 10.2 Å². The van der Waals surface area contributed by atoms with Crippen LogP contribution in [0.25, 0.3) is 22.2 Å². The zero-order chi connectivity index (χ0) is 12.7. The van der Waals surface area contributed by atoms with Gasteiger partial charge < -0.3 is 4.42 Å². The summed E-state index contributed by atoms with van der Waals surface area (Å²) < 4.78 is 5.30. The van der Waals surface area contributed by atoms with E-state index in [1.807, 2.05) is 0 Å². The molecule has 0 atom stereocenters. The number of nitrogens with one attached hydrogen (secondary N) is 1. The average molecular weight is 281 g/mol. The van der Waals surface area contributed by atoms with E-state index in [-0.39, 0.29) is 5.56 Å². The molecule has 4 nitrogen and oxygen atoms in total. The van der Waals surface area contributed by atoms with Crippen molar-refractivity contribution in [1.29, 1.82) is 0 Å². The summed E-state index contributed by atoms with van der Waals surface area (Å²) in [6.07, 6.45) is 1.44. The highest BCUT2D eigenvalue weighted by Crippen LogP contribution is 2.29. The standard InChI is InChI=1S/C12H6Cl2N2O2/c13-7-3-6(4-8(14)5-7)10-11-9(1-2-18-11)12(17)16-15-10/h1-5H,(H,16,17). The lowest BCUT2D eigenvalue weighted by molar-refractivity contribution is 0.614. The van der Waals surface area contributed by atoms with Gasteiger partial charge in [0.15, 0.2) is 5.58 Å². The molecule has 1 N–H and O–H groups in total. The van der Waals surface area contributed by atoms with E-state index in [1.165, 1.54) is 6.26 Å². The topological polar surface area (TPSA) is 58.9 Å². The Morgan fingerprint density at radius 3 is 2.61 bits per heavy atom. The maximum atomic E-state index is 11.5. The number of aromatic amines is 1. The lowest BCUT2D eigenvalue weighted by Gasteiger charge is -2.02. The molecule has 18 heavy (non-hydrogen) atoms. The summed E-state index contributed by atoms with van der Waals surface area (Å²) in [4.78, 5) is 11.5. The maximum Gasteiger partial charge on any atom is 0.275 e. The molecule has 2 heterocycles. The Morgan fingerprint density at radius 1 is 1.17 bits per heavy atom. The van der Waals surface area contributed by atoms with Crippen LogP contribution in [0, 0.1) is 0 Å². The van der Waals surface area contributed by atoms with Crippen LogP contribution in [0.4, 0.5) is 0 Å². The predicted molar refractivity (Wildman–Crippen MR) is 70.1 cm³/mol. The van der Waals surface area contributed by atoms with Gasteiger partial charge in [0.05, 0.1) is 11.6 Å². The monoisotopic (exact) mass is 280 g/mol. The van der Waals surface area contributed by atoms with Gasteiger partial charge in [0.2, 0.25) is 0 Å². The molecule has 0 spiro atoms. The number of nitrogens with zero attached hydrogens (tertiary/aromatic N) is 1. The van der Waals surface area contributed by atoms with Gasteiger partial charge in [0.1, 0.15) is 5.69 Å². The molecule has 90 valence electrons. The number of aromatic nitrogens is 2. The Bertz CT molecular complexity index is 772. The number of H-pyrrole nitrogens is 1. The molecular formula is C12H6Cl2N2O2. The van der Waals surface area contributed by atoms with Crippen LogP contribution >= 0.6 is 23.2 Å². The fourth-order valence-electron chi connectivity index (χ4n) is 1.78. The minimum absolute atomic E-state index is 0.296. The maximum absolute atomic E-state index is 11.5. The van der Waals surface area contributed by atoms with Gasteiger partial charge in [-0.25, -0.2) is 5.10 Å². The van der Waals surface area contributed by atoms with E-state index >= 15 is 0 Å². The third kappa shape index (κ3) is 1.79. The van der Waals surface area contributed by atoms with E-state index in [1.54, 1.807) is 24.3 Å². The van der Waals surface area contributed by atoms with Crippen molar-refractivity contribution < 1.29 is 4.42 Å². The quantitative estimate of drug-likeness (QED) is 0.742. The smallest absolute Gasteiger partial charge is 0.275 e. The molecule has 0 fully saturated rings. The number of benzene rings is 1. The van der Waals surface area contributed by atoms with Crippen molar-refractivity contribution in [3.63, 3.8) is 0 Å². The molecule has 0 aliphatic rings. The van der Waals surface area contributed by atoms with E-state index < -0.39 is 0 Å². The fraction of sp³-hybridized carbons (Fsp3) is 0. The third-order valence-corrected chi connectivity index (χ3v) is 2.97. The van der Waals surface area contributed by atoms with Gasteiger partial charge in [-0.05, 0) is 24.3 Å². The van der Waals surface area contributed by atoms with Gasteiger partial charge in [-0.15, -0.1) is 0 Å². The largest absolute Gasteiger partial charge is 0.462 e. The van der Waals surface area contributed by atoms with E-state index in [0.717, 1.165) is 0 Å². The molecule has 0 aliphatic carbocycles. The summed E-state index contributed by atoms with van der Waals surface area (Å²) in [6, 6.07) is 6.62. The van der Waals surface area contributed by atoms with Crippen molar-refractivity contribution >= 4 is 34.2 Å². The van der Waals surface area contributed by atoms with Gasteiger partial charge in [0.25, 0.3) is 5.56 Å². The number of rotatable bonds is 1. The second-order valence-electron chi connectivity index (χ2n) is 3.72. The Hall–Kier alpha value is -1.78. The molecule has 1 aromatic carbocycles. The number of furan rings is 1. The van der Waals surface area contributed by atoms with Crippen LogP contribution < -0.4 is 5.56 Å². The highest BCUT2D eigenvalue weighted by molar-refractivity contribution is 6.35. The van der Waals surface area contributed by atoms with Crippen LogP contribution in [0.2, 0.25) is 10.0 Å². The first kappa shape index (κ1) is 11.3. The van der Waals surface area contributed by atoms with Crippen molar-refractivity contribution in [2.24, 2.45) is 0 Å². The molecule has 0 unspecified atom stereocenters. The lowest BCUT2D eigenvalue weighted by atomic mass is 10.1. The van der Waals surface area contributed by atoms with Crippen molar-refractivity contribution in [2.75, 3.05) is 0 Å². The summed E-state index contributed by atoms with van der Waals surface area (Å²) in [6.45, 7) is 0. The molecule has 0 amide bonds. The summed E-state index contributed by atoms with van der Waals surface area (Å²) in [5.41, 5.74) is 1.30. The molecule has 0 saturated heterocycles. The van der Waals surface area contributed by atoms with Crippen LogP contribution in [0.1, 0.15) is 0 Å². The van der Waals surface area contributed by atoms with Crippen molar-refractivity contribution in [2.45, 2.75) is 0 Å². The highest BCUT2D eigenvalue weighted by atomic mass is 35.5. The van der Waals surface area contributed by atoms with E-state index in [0.29, 0.717) is 32.3 Å².